The SMILES string of the molecule is CS(=O)(=O)/C=C/[C@H](CC(=O)O)NCCN. The van der Waals surface area contributed by atoms with E-state index in [0.717, 1.165) is 11.7 Å². The largest absolute Gasteiger partial charge is 0.481 e. The standard InChI is InChI=1S/C8H16N2O4S/c1-15(13,14)5-2-7(6-8(11)12)10-4-3-9/h2,5,7,10H,3-4,6,9H2,1H3,(H,11,12)/b5-2+/t7-/m1/s1. The molecule has 0 spiro atoms. The zero-order valence-electron chi connectivity index (χ0n) is 8.51. The van der Waals surface area contributed by atoms with Crippen molar-refractivity contribution in [3.05, 3.63) is 11.5 Å². The van der Waals surface area contributed by atoms with Crippen LogP contribution in [0.15, 0.2) is 11.5 Å². The van der Waals surface area contributed by atoms with Gasteiger partial charge in [-0.2, -0.15) is 0 Å². The van der Waals surface area contributed by atoms with Gasteiger partial charge in [0.15, 0.2) is 9.84 Å². The number of sulfone groups is 1. The molecule has 88 valence electrons. The molecule has 0 rings (SSSR count). The highest BCUT2D eigenvalue weighted by Crippen LogP contribution is 1.96. The Bertz CT molecular complexity index is 324. The third kappa shape index (κ3) is 9.39. The smallest absolute Gasteiger partial charge is 0.305 e. The average Bonchev–Trinajstić information content (AvgIpc) is 2.07. The molecule has 6 nitrogen and oxygen atoms in total. The Kier molecular flexibility index (Phi) is 6.14. The molecule has 0 aliphatic rings. The van der Waals surface area contributed by atoms with Crippen LogP contribution in [-0.4, -0.2) is 44.9 Å². The normalized spacial score (nSPS) is 14.3. The van der Waals surface area contributed by atoms with E-state index in [1.165, 1.54) is 6.08 Å². The summed E-state index contributed by atoms with van der Waals surface area (Å²) in [5.41, 5.74) is 5.24. The lowest BCUT2D eigenvalue weighted by Crippen LogP contribution is -2.33. The maximum absolute atomic E-state index is 10.8. The van der Waals surface area contributed by atoms with Gasteiger partial charge in [0.05, 0.1) is 6.42 Å². The van der Waals surface area contributed by atoms with Gasteiger partial charge in [0.2, 0.25) is 0 Å². The van der Waals surface area contributed by atoms with E-state index in [9.17, 15) is 13.2 Å². The van der Waals surface area contributed by atoms with Crippen molar-refractivity contribution in [2.45, 2.75) is 12.5 Å². The minimum Gasteiger partial charge on any atom is -0.481 e. The molecule has 4 N–H and O–H groups in total. The molecule has 0 saturated heterocycles. The first-order valence-electron chi connectivity index (χ1n) is 4.38. The van der Waals surface area contributed by atoms with Gasteiger partial charge in [-0.1, -0.05) is 6.08 Å². The summed E-state index contributed by atoms with van der Waals surface area (Å²) < 4.78 is 21.6. The van der Waals surface area contributed by atoms with Crippen molar-refractivity contribution in [2.75, 3.05) is 19.3 Å². The number of nitrogens with two attached hydrogens (primary N) is 1. The second-order valence-electron chi connectivity index (χ2n) is 3.11. The molecule has 0 heterocycles. The van der Waals surface area contributed by atoms with Gasteiger partial charge in [0.1, 0.15) is 0 Å². The second-order valence-corrected chi connectivity index (χ2v) is 5.04. The van der Waals surface area contributed by atoms with Gasteiger partial charge in [-0.15, -0.1) is 0 Å². The Labute approximate surface area is 89.1 Å². The molecular weight excluding hydrogens is 220 g/mol. The average molecular weight is 236 g/mol. The molecule has 0 aliphatic heterocycles. The van der Waals surface area contributed by atoms with E-state index >= 15 is 0 Å². The molecule has 0 aromatic rings. The van der Waals surface area contributed by atoms with Crippen LogP contribution in [0.5, 0.6) is 0 Å². The van der Waals surface area contributed by atoms with Crippen molar-refractivity contribution in [1.82, 2.24) is 5.32 Å². The number of carboxylic acid groups (broad SMARTS) is 1. The molecular formula is C8H16N2O4S. The summed E-state index contributed by atoms with van der Waals surface area (Å²) in [5, 5.41) is 12.4. The van der Waals surface area contributed by atoms with E-state index in [4.69, 9.17) is 10.8 Å². The Morgan fingerprint density at radius 3 is 2.60 bits per heavy atom. The van der Waals surface area contributed by atoms with E-state index in [2.05, 4.69) is 5.32 Å². The number of carbonyl (C=O) groups is 1. The molecule has 0 radical (unpaired) electrons. The predicted octanol–water partition coefficient (Wildman–Crippen LogP) is -1.06. The summed E-state index contributed by atoms with van der Waals surface area (Å²) in [7, 11) is -3.22. The van der Waals surface area contributed by atoms with Crippen LogP contribution >= 0.6 is 0 Å². The monoisotopic (exact) mass is 236 g/mol. The van der Waals surface area contributed by atoms with Crippen molar-refractivity contribution < 1.29 is 18.3 Å². The lowest BCUT2D eigenvalue weighted by atomic mass is 10.2. The molecule has 0 unspecified atom stereocenters. The quantitative estimate of drug-likeness (QED) is 0.519. The Morgan fingerprint density at radius 1 is 1.60 bits per heavy atom. The minimum atomic E-state index is -3.22. The summed E-state index contributed by atoms with van der Waals surface area (Å²) in [5.74, 6) is -0.998. The maximum Gasteiger partial charge on any atom is 0.305 e. The van der Waals surface area contributed by atoms with Gasteiger partial charge in [-0.05, 0) is 0 Å². The van der Waals surface area contributed by atoms with Crippen LogP contribution in [0.3, 0.4) is 0 Å². The maximum atomic E-state index is 10.8. The molecule has 0 aromatic heterocycles. The molecule has 0 aliphatic carbocycles. The predicted molar refractivity (Wildman–Crippen MR) is 57.1 cm³/mol. The summed E-state index contributed by atoms with van der Waals surface area (Å²) in [6.07, 6.45) is 2.19. The van der Waals surface area contributed by atoms with Gasteiger partial charge in [0.25, 0.3) is 0 Å². The topological polar surface area (TPSA) is 109 Å². The molecule has 0 bridgehead atoms. The van der Waals surface area contributed by atoms with Crippen molar-refractivity contribution in [3.63, 3.8) is 0 Å². The summed E-state index contributed by atoms with van der Waals surface area (Å²) >= 11 is 0. The van der Waals surface area contributed by atoms with Crippen molar-refractivity contribution >= 4 is 15.8 Å². The van der Waals surface area contributed by atoms with Crippen LogP contribution in [-0.2, 0) is 14.6 Å². The number of nitrogens with one attached hydrogen (secondary N) is 1. The van der Waals surface area contributed by atoms with E-state index in [1.807, 2.05) is 0 Å². The number of hydrogen-bond donors (Lipinski definition) is 3. The van der Waals surface area contributed by atoms with Crippen LogP contribution in [0.25, 0.3) is 0 Å². The first-order valence-corrected chi connectivity index (χ1v) is 6.34. The van der Waals surface area contributed by atoms with Crippen molar-refractivity contribution in [2.24, 2.45) is 5.73 Å². The van der Waals surface area contributed by atoms with E-state index in [1.54, 1.807) is 0 Å². The third-order valence-electron chi connectivity index (χ3n) is 1.50. The van der Waals surface area contributed by atoms with Gasteiger partial charge in [0, 0.05) is 30.8 Å². The van der Waals surface area contributed by atoms with Gasteiger partial charge in [-0.25, -0.2) is 8.42 Å². The molecule has 15 heavy (non-hydrogen) atoms. The molecule has 1 atom stereocenters. The second kappa shape index (κ2) is 6.54. The number of hydrogen-bond acceptors (Lipinski definition) is 5. The Balaban J connectivity index is 4.36. The Morgan fingerprint density at radius 2 is 2.20 bits per heavy atom. The van der Waals surface area contributed by atoms with E-state index < -0.39 is 21.8 Å². The fraction of sp³-hybridized carbons (Fsp3) is 0.625. The minimum absolute atomic E-state index is 0.175. The highest BCUT2D eigenvalue weighted by Gasteiger charge is 2.09. The molecule has 0 saturated carbocycles. The van der Waals surface area contributed by atoms with Gasteiger partial charge >= 0.3 is 5.97 Å². The Hall–Kier alpha value is -0.920. The van der Waals surface area contributed by atoms with E-state index in [0.29, 0.717) is 13.1 Å². The van der Waals surface area contributed by atoms with Gasteiger partial charge < -0.3 is 16.2 Å². The molecule has 0 amide bonds. The number of rotatable bonds is 7. The fourth-order valence-corrected chi connectivity index (χ4v) is 1.38. The van der Waals surface area contributed by atoms with Crippen LogP contribution < -0.4 is 11.1 Å². The lowest BCUT2D eigenvalue weighted by Gasteiger charge is -2.11. The third-order valence-corrected chi connectivity index (χ3v) is 2.15. The first-order chi connectivity index (χ1) is 6.85. The van der Waals surface area contributed by atoms with Crippen molar-refractivity contribution in [1.29, 1.82) is 0 Å². The summed E-state index contributed by atoms with van der Waals surface area (Å²) in [6.45, 7) is 0.800. The van der Waals surface area contributed by atoms with E-state index in [-0.39, 0.29) is 6.42 Å². The lowest BCUT2D eigenvalue weighted by molar-refractivity contribution is -0.137. The van der Waals surface area contributed by atoms with Crippen LogP contribution in [0, 0.1) is 0 Å². The van der Waals surface area contributed by atoms with Crippen LogP contribution in [0.2, 0.25) is 0 Å². The van der Waals surface area contributed by atoms with Gasteiger partial charge in [-0.3, -0.25) is 4.79 Å². The van der Waals surface area contributed by atoms with Crippen LogP contribution in [0.4, 0.5) is 0 Å². The van der Waals surface area contributed by atoms with Crippen molar-refractivity contribution in [3.8, 4) is 0 Å². The molecule has 7 heteroatoms. The zero-order valence-corrected chi connectivity index (χ0v) is 9.33. The summed E-state index contributed by atoms with van der Waals surface area (Å²) in [6, 6.07) is -0.513. The molecule has 0 fully saturated rings. The summed E-state index contributed by atoms with van der Waals surface area (Å²) in [4.78, 5) is 10.4. The van der Waals surface area contributed by atoms with Crippen LogP contribution in [0.1, 0.15) is 6.42 Å². The molecule has 0 aromatic carbocycles. The number of aliphatic carboxylic acids is 1. The zero-order chi connectivity index (χ0) is 11.9. The number of carboxylic acids is 1. The highest BCUT2D eigenvalue weighted by molar-refractivity contribution is 7.93. The highest BCUT2D eigenvalue weighted by atomic mass is 32.2. The first kappa shape index (κ1) is 14.1. The fourth-order valence-electron chi connectivity index (χ4n) is 0.903.